The molecule has 1 saturated heterocycles. The van der Waals surface area contributed by atoms with Crippen LogP contribution in [0.3, 0.4) is 0 Å². The highest BCUT2D eigenvalue weighted by Gasteiger charge is 2.34. The fourth-order valence-electron chi connectivity index (χ4n) is 3.39. The smallest absolute Gasteiger partial charge is 0.288 e. The Morgan fingerprint density at radius 3 is 2.81 bits per heavy atom. The van der Waals surface area contributed by atoms with Crippen LogP contribution >= 0.6 is 22.9 Å². The van der Waals surface area contributed by atoms with Crippen LogP contribution in [0.15, 0.2) is 42.5 Å². The average molecular weight is 458 g/mol. The van der Waals surface area contributed by atoms with Crippen molar-refractivity contribution in [2.45, 2.75) is 19.3 Å². The second kappa shape index (κ2) is 8.40. The molecule has 1 unspecified atom stereocenters. The highest BCUT2D eigenvalue weighted by molar-refractivity contribution is 7.15. The van der Waals surface area contributed by atoms with Crippen molar-refractivity contribution in [3.05, 3.63) is 73.7 Å². The van der Waals surface area contributed by atoms with Crippen LogP contribution in [-0.2, 0) is 4.79 Å². The van der Waals surface area contributed by atoms with Gasteiger partial charge in [-0.1, -0.05) is 41.1 Å². The summed E-state index contributed by atoms with van der Waals surface area (Å²) in [5, 5.41) is 22.6. The lowest BCUT2D eigenvalue weighted by atomic mass is 10.1. The fourth-order valence-corrected chi connectivity index (χ4v) is 4.40. The number of hydrogen-bond donors (Lipinski definition) is 1. The lowest BCUT2D eigenvalue weighted by Gasteiger charge is -2.18. The number of rotatable bonds is 5. The Labute approximate surface area is 185 Å². The third kappa shape index (κ3) is 4.25. The zero-order valence-corrected chi connectivity index (χ0v) is 17.8. The molecule has 0 saturated carbocycles. The van der Waals surface area contributed by atoms with Crippen molar-refractivity contribution >= 4 is 51.3 Å². The van der Waals surface area contributed by atoms with Gasteiger partial charge in [-0.25, -0.2) is 0 Å². The first kappa shape index (κ1) is 20.9. The summed E-state index contributed by atoms with van der Waals surface area (Å²) in [4.78, 5) is 37.1. The Hall–Kier alpha value is -3.37. The van der Waals surface area contributed by atoms with Crippen LogP contribution in [0.25, 0.3) is 0 Å². The molecule has 1 aliphatic rings. The molecule has 1 atom stereocenters. The van der Waals surface area contributed by atoms with E-state index in [0.717, 1.165) is 17.3 Å². The van der Waals surface area contributed by atoms with E-state index in [2.05, 4.69) is 15.5 Å². The summed E-state index contributed by atoms with van der Waals surface area (Å²) in [7, 11) is 0. The van der Waals surface area contributed by atoms with Crippen LogP contribution in [-0.4, -0.2) is 33.5 Å². The number of amides is 2. The monoisotopic (exact) mass is 457 g/mol. The number of aromatic nitrogens is 2. The highest BCUT2D eigenvalue weighted by Crippen LogP contribution is 2.35. The molecule has 0 aliphatic carbocycles. The molecular formula is C20H16ClN5O4S. The molecule has 2 amide bonds. The van der Waals surface area contributed by atoms with Crippen molar-refractivity contribution < 1.29 is 14.5 Å². The van der Waals surface area contributed by atoms with Crippen LogP contribution in [0.2, 0.25) is 5.02 Å². The van der Waals surface area contributed by atoms with Gasteiger partial charge in [0.25, 0.3) is 11.6 Å². The van der Waals surface area contributed by atoms with Crippen molar-refractivity contribution in [2.75, 3.05) is 16.8 Å². The van der Waals surface area contributed by atoms with Crippen molar-refractivity contribution in [1.29, 1.82) is 0 Å². The third-order valence-corrected chi connectivity index (χ3v) is 6.27. The number of para-hydroxylation sites is 1. The molecular weight excluding hydrogens is 442 g/mol. The number of carbonyl (C=O) groups excluding carboxylic acids is 2. The zero-order chi connectivity index (χ0) is 22.1. The standard InChI is InChI=1S/C20H16ClN5O4S/c1-11-4-2-3-5-15(11)25-10-13(9-17(25)27)19-23-24-20(31-19)22-18(28)12-6-7-14(21)16(8-12)26(29)30/h2-8,13H,9-10H2,1H3,(H,22,24,28). The minimum atomic E-state index is -0.653. The van der Waals surface area contributed by atoms with E-state index >= 15 is 0 Å². The van der Waals surface area contributed by atoms with Gasteiger partial charge in [0.2, 0.25) is 11.0 Å². The van der Waals surface area contributed by atoms with Gasteiger partial charge in [-0.05, 0) is 30.7 Å². The lowest BCUT2D eigenvalue weighted by Crippen LogP contribution is -2.25. The van der Waals surface area contributed by atoms with E-state index in [-0.39, 0.29) is 33.2 Å². The minimum Gasteiger partial charge on any atom is -0.311 e. The van der Waals surface area contributed by atoms with E-state index in [1.54, 1.807) is 4.90 Å². The molecule has 11 heteroatoms. The van der Waals surface area contributed by atoms with Crippen LogP contribution in [0.4, 0.5) is 16.5 Å². The first-order valence-electron chi connectivity index (χ1n) is 9.28. The number of halogens is 1. The van der Waals surface area contributed by atoms with Gasteiger partial charge in [-0.2, -0.15) is 0 Å². The number of nitrogens with zero attached hydrogens (tertiary/aromatic N) is 4. The molecule has 2 aromatic carbocycles. The predicted molar refractivity (Wildman–Crippen MR) is 117 cm³/mol. The average Bonchev–Trinajstić information content (AvgIpc) is 3.35. The van der Waals surface area contributed by atoms with E-state index in [0.29, 0.717) is 18.0 Å². The predicted octanol–water partition coefficient (Wildman–Crippen LogP) is 4.18. The summed E-state index contributed by atoms with van der Waals surface area (Å²) in [5.74, 6) is -0.688. The molecule has 3 aromatic rings. The Morgan fingerprint density at radius 1 is 1.29 bits per heavy atom. The number of nitro groups is 1. The number of anilines is 2. The van der Waals surface area contributed by atoms with Crippen molar-refractivity contribution in [2.24, 2.45) is 0 Å². The summed E-state index contributed by atoms with van der Waals surface area (Å²) in [6, 6.07) is 11.5. The molecule has 1 aliphatic heterocycles. The zero-order valence-electron chi connectivity index (χ0n) is 16.2. The van der Waals surface area contributed by atoms with Crippen molar-refractivity contribution in [3.8, 4) is 0 Å². The molecule has 1 N–H and O–H groups in total. The maximum Gasteiger partial charge on any atom is 0.288 e. The number of nitro benzene ring substituents is 1. The maximum absolute atomic E-state index is 12.5. The molecule has 158 valence electrons. The molecule has 31 heavy (non-hydrogen) atoms. The number of hydrogen-bond acceptors (Lipinski definition) is 7. The molecule has 0 radical (unpaired) electrons. The molecule has 2 heterocycles. The molecule has 0 bridgehead atoms. The maximum atomic E-state index is 12.5. The second-order valence-electron chi connectivity index (χ2n) is 7.01. The van der Waals surface area contributed by atoms with Gasteiger partial charge in [0.05, 0.1) is 4.92 Å². The molecule has 0 spiro atoms. The largest absolute Gasteiger partial charge is 0.311 e. The normalized spacial score (nSPS) is 15.9. The summed E-state index contributed by atoms with van der Waals surface area (Å²) in [6.07, 6.45) is 0.306. The molecule has 4 rings (SSSR count). The summed E-state index contributed by atoms with van der Waals surface area (Å²) in [5.41, 5.74) is 1.61. The van der Waals surface area contributed by atoms with E-state index in [9.17, 15) is 19.7 Å². The SMILES string of the molecule is Cc1ccccc1N1CC(c2nnc(NC(=O)c3ccc(Cl)c([N+](=O)[O-])c3)s2)CC1=O. The quantitative estimate of drug-likeness (QED) is 0.453. The first-order chi connectivity index (χ1) is 14.8. The van der Waals surface area contributed by atoms with Gasteiger partial charge in [0.15, 0.2) is 0 Å². The van der Waals surface area contributed by atoms with Crippen LogP contribution in [0.5, 0.6) is 0 Å². The molecule has 9 nitrogen and oxygen atoms in total. The van der Waals surface area contributed by atoms with E-state index < -0.39 is 10.8 Å². The van der Waals surface area contributed by atoms with E-state index in [1.807, 2.05) is 31.2 Å². The number of benzene rings is 2. The summed E-state index contributed by atoms with van der Waals surface area (Å²) < 4.78 is 0. The Morgan fingerprint density at radius 2 is 2.06 bits per heavy atom. The van der Waals surface area contributed by atoms with Gasteiger partial charge in [-0.3, -0.25) is 25.0 Å². The van der Waals surface area contributed by atoms with Gasteiger partial charge in [0, 0.05) is 36.2 Å². The van der Waals surface area contributed by atoms with Gasteiger partial charge < -0.3 is 4.90 Å². The fraction of sp³-hybridized carbons (Fsp3) is 0.200. The van der Waals surface area contributed by atoms with E-state index in [4.69, 9.17) is 11.6 Å². The van der Waals surface area contributed by atoms with Crippen LogP contribution in [0, 0.1) is 17.0 Å². The first-order valence-corrected chi connectivity index (χ1v) is 10.5. The molecule has 1 aromatic heterocycles. The number of aryl methyl sites for hydroxylation is 1. The van der Waals surface area contributed by atoms with Crippen LogP contribution < -0.4 is 10.2 Å². The van der Waals surface area contributed by atoms with Crippen molar-refractivity contribution in [3.63, 3.8) is 0 Å². The minimum absolute atomic E-state index is 0.00793. The van der Waals surface area contributed by atoms with Crippen molar-refractivity contribution in [1.82, 2.24) is 10.2 Å². The number of carbonyl (C=O) groups is 2. The summed E-state index contributed by atoms with van der Waals surface area (Å²) in [6.45, 7) is 2.44. The van der Waals surface area contributed by atoms with Gasteiger partial charge >= 0.3 is 0 Å². The molecule has 1 fully saturated rings. The van der Waals surface area contributed by atoms with Crippen LogP contribution in [0.1, 0.15) is 33.3 Å². The summed E-state index contributed by atoms with van der Waals surface area (Å²) >= 11 is 6.96. The van der Waals surface area contributed by atoms with Gasteiger partial charge in [-0.15, -0.1) is 10.2 Å². The lowest BCUT2D eigenvalue weighted by molar-refractivity contribution is -0.384. The second-order valence-corrected chi connectivity index (χ2v) is 8.43. The topological polar surface area (TPSA) is 118 Å². The Kier molecular flexibility index (Phi) is 5.66. The Bertz CT molecular complexity index is 1200. The highest BCUT2D eigenvalue weighted by atomic mass is 35.5. The van der Waals surface area contributed by atoms with Gasteiger partial charge in [0.1, 0.15) is 10.0 Å². The number of nitrogens with one attached hydrogen (secondary N) is 1. The third-order valence-electron chi connectivity index (χ3n) is 4.95. The Balaban J connectivity index is 1.47. The van der Waals surface area contributed by atoms with E-state index in [1.165, 1.54) is 23.5 Å².